The average molecular weight is 534 g/mol. The Morgan fingerprint density at radius 3 is 2.43 bits per heavy atom. The molecule has 0 saturated carbocycles. The number of ether oxygens (including phenoxy) is 2. The van der Waals surface area contributed by atoms with E-state index in [9.17, 15) is 27.1 Å². The van der Waals surface area contributed by atoms with Gasteiger partial charge >= 0.3 is 29.6 Å². The zero-order valence-corrected chi connectivity index (χ0v) is 22.6. The fraction of sp³-hybridized carbons (Fsp3) is 0.174. The summed E-state index contributed by atoms with van der Waals surface area (Å²) in [4.78, 5) is 10.7. The van der Waals surface area contributed by atoms with Gasteiger partial charge in [0.05, 0.1) is 23.0 Å². The number of carboxylic acid groups (broad SMARTS) is 1. The molecule has 3 aromatic carbocycles. The van der Waals surface area contributed by atoms with E-state index >= 15 is 0 Å². The van der Waals surface area contributed by atoms with Crippen molar-refractivity contribution < 1.29 is 66.1 Å². The topological polar surface area (TPSA) is 96.0 Å². The van der Waals surface area contributed by atoms with Gasteiger partial charge in [0.2, 0.25) is 10.0 Å². The van der Waals surface area contributed by atoms with Gasteiger partial charge in [-0.05, 0) is 53.6 Å². The summed E-state index contributed by atoms with van der Waals surface area (Å²) in [6, 6.07) is 11.5. The van der Waals surface area contributed by atoms with Crippen LogP contribution in [0.5, 0.6) is 11.5 Å². The van der Waals surface area contributed by atoms with Gasteiger partial charge in [-0.1, -0.05) is 17.7 Å². The second kappa shape index (κ2) is 12.2. The van der Waals surface area contributed by atoms with Crippen molar-refractivity contribution in [3.63, 3.8) is 0 Å². The fourth-order valence-electron chi connectivity index (χ4n) is 3.16. The van der Waals surface area contributed by atoms with Crippen molar-refractivity contribution in [2.45, 2.75) is 11.4 Å². The number of hydrogen-bond acceptors (Lipinski definition) is 6. The SMILES string of the molecule is COc1cc(F)cc(-c2cc(CN(C)S(=O)(=O)c3ccc(F)c(Cl)c3)ccc2OCC(=O)[O-])c1.[Na+]. The number of nitrogens with zero attached hydrogens (tertiary/aromatic N) is 1. The standard InChI is InChI=1S/C23H20ClF2NO6S.Na/c1-27(34(30,31)18-4-5-21(26)20(24)11-18)12-14-3-6-22(33-13-23(28)29)19(7-14)15-8-16(25)10-17(9-15)32-2;/h3-11H,12-13H2,1-2H3,(H,28,29);/q;+1/p-1. The third-order valence-corrected chi connectivity index (χ3v) is 6.90. The number of carbonyl (C=O) groups is 1. The first-order valence-corrected chi connectivity index (χ1v) is 11.5. The molecule has 0 aliphatic rings. The van der Waals surface area contributed by atoms with E-state index < -0.39 is 34.2 Å². The average Bonchev–Trinajstić information content (AvgIpc) is 2.79. The van der Waals surface area contributed by atoms with Crippen LogP contribution in [0.3, 0.4) is 0 Å². The summed E-state index contributed by atoms with van der Waals surface area (Å²) in [5.74, 6) is -2.45. The van der Waals surface area contributed by atoms with Gasteiger partial charge < -0.3 is 19.4 Å². The van der Waals surface area contributed by atoms with Crippen LogP contribution in [0.15, 0.2) is 59.5 Å². The van der Waals surface area contributed by atoms with Crippen LogP contribution in [0.1, 0.15) is 5.56 Å². The molecule has 0 fully saturated rings. The number of carbonyl (C=O) groups excluding carboxylic acids is 1. The molecule has 0 aliphatic heterocycles. The molecule has 0 amide bonds. The molecule has 35 heavy (non-hydrogen) atoms. The summed E-state index contributed by atoms with van der Waals surface area (Å²) in [6.07, 6.45) is 0. The molecule has 0 saturated heterocycles. The normalized spacial score (nSPS) is 11.1. The van der Waals surface area contributed by atoms with Crippen molar-refractivity contribution in [2.24, 2.45) is 0 Å². The maximum Gasteiger partial charge on any atom is 1.00 e. The number of hydrogen-bond donors (Lipinski definition) is 0. The smallest absolute Gasteiger partial charge is 0.546 e. The Kier molecular flexibility index (Phi) is 10.1. The molecular weight excluding hydrogens is 515 g/mol. The van der Waals surface area contributed by atoms with Crippen LogP contribution in [0, 0.1) is 11.6 Å². The Morgan fingerprint density at radius 1 is 1.09 bits per heavy atom. The van der Waals surface area contributed by atoms with E-state index in [0.29, 0.717) is 16.7 Å². The van der Waals surface area contributed by atoms with E-state index in [1.165, 1.54) is 44.5 Å². The Bertz CT molecular complexity index is 1340. The summed E-state index contributed by atoms with van der Waals surface area (Å²) in [5, 5.41) is 10.5. The third kappa shape index (κ3) is 7.16. The molecule has 0 aromatic heterocycles. The van der Waals surface area contributed by atoms with Crippen molar-refractivity contribution in [1.82, 2.24) is 4.31 Å². The predicted molar refractivity (Wildman–Crippen MR) is 119 cm³/mol. The van der Waals surface area contributed by atoms with E-state index in [0.717, 1.165) is 22.5 Å². The third-order valence-electron chi connectivity index (χ3n) is 4.81. The summed E-state index contributed by atoms with van der Waals surface area (Å²) >= 11 is 5.72. The Labute approximate surface area is 228 Å². The van der Waals surface area contributed by atoms with Crippen LogP contribution in [-0.2, 0) is 21.4 Å². The van der Waals surface area contributed by atoms with Crippen LogP contribution in [0.4, 0.5) is 8.78 Å². The van der Waals surface area contributed by atoms with Crippen LogP contribution < -0.4 is 44.1 Å². The first-order valence-electron chi connectivity index (χ1n) is 9.73. The molecule has 0 heterocycles. The quantitative estimate of drug-likeness (QED) is 0.366. The van der Waals surface area contributed by atoms with E-state index in [-0.39, 0.29) is 57.5 Å². The summed E-state index contributed by atoms with van der Waals surface area (Å²) in [5.41, 5.74) is 1.12. The molecule has 3 aromatic rings. The van der Waals surface area contributed by atoms with Gasteiger partial charge in [0.25, 0.3) is 0 Å². The molecule has 180 valence electrons. The number of rotatable bonds is 9. The van der Waals surface area contributed by atoms with Gasteiger partial charge in [-0.3, -0.25) is 0 Å². The monoisotopic (exact) mass is 533 g/mol. The van der Waals surface area contributed by atoms with Crippen molar-refractivity contribution in [2.75, 3.05) is 20.8 Å². The van der Waals surface area contributed by atoms with Gasteiger partial charge in [0.15, 0.2) is 0 Å². The summed E-state index contributed by atoms with van der Waals surface area (Å²) in [7, 11) is -1.32. The van der Waals surface area contributed by atoms with Gasteiger partial charge in [-0.15, -0.1) is 0 Å². The van der Waals surface area contributed by atoms with Crippen LogP contribution >= 0.6 is 11.6 Å². The minimum Gasteiger partial charge on any atom is -0.546 e. The molecule has 12 heteroatoms. The van der Waals surface area contributed by atoms with Crippen molar-refractivity contribution >= 4 is 27.6 Å². The fourth-order valence-corrected chi connectivity index (χ4v) is 4.59. The largest absolute Gasteiger partial charge is 1.00 e. The molecule has 0 aliphatic carbocycles. The molecule has 0 N–H and O–H groups in total. The Hall–Kier alpha value is -2.21. The molecule has 7 nitrogen and oxygen atoms in total. The molecule has 3 rings (SSSR count). The van der Waals surface area contributed by atoms with E-state index in [1.807, 2.05) is 0 Å². The van der Waals surface area contributed by atoms with E-state index in [4.69, 9.17) is 21.1 Å². The van der Waals surface area contributed by atoms with Gasteiger partial charge in [0.1, 0.15) is 29.7 Å². The first-order chi connectivity index (χ1) is 16.0. The maximum absolute atomic E-state index is 14.1. The molecule has 0 bridgehead atoms. The minimum absolute atomic E-state index is 0. The van der Waals surface area contributed by atoms with Gasteiger partial charge in [-0.25, -0.2) is 17.2 Å². The predicted octanol–water partition coefficient (Wildman–Crippen LogP) is 0.247. The summed E-state index contributed by atoms with van der Waals surface area (Å²) < 4.78 is 64.8. The second-order valence-electron chi connectivity index (χ2n) is 7.21. The Morgan fingerprint density at radius 2 is 1.80 bits per heavy atom. The number of aliphatic carboxylic acids is 1. The van der Waals surface area contributed by atoms with Crippen LogP contribution in [0.2, 0.25) is 5.02 Å². The molecule has 0 atom stereocenters. The van der Waals surface area contributed by atoms with Crippen LogP contribution in [0.25, 0.3) is 11.1 Å². The first kappa shape index (κ1) is 29.0. The second-order valence-corrected chi connectivity index (χ2v) is 9.66. The van der Waals surface area contributed by atoms with Gasteiger partial charge in [-0.2, -0.15) is 4.31 Å². The molecule has 0 spiro atoms. The number of halogens is 3. The zero-order chi connectivity index (χ0) is 25.0. The minimum atomic E-state index is -4.02. The van der Waals surface area contributed by atoms with Crippen molar-refractivity contribution in [1.29, 1.82) is 0 Å². The van der Waals surface area contributed by atoms with Crippen LogP contribution in [-0.4, -0.2) is 39.5 Å². The number of carboxylic acids is 1. The van der Waals surface area contributed by atoms with E-state index in [2.05, 4.69) is 0 Å². The molecule has 0 radical (unpaired) electrons. The summed E-state index contributed by atoms with van der Waals surface area (Å²) in [6.45, 7) is -0.851. The zero-order valence-electron chi connectivity index (χ0n) is 19.0. The number of sulfonamides is 1. The Balaban J connectivity index is 0.00000432. The van der Waals surface area contributed by atoms with Gasteiger partial charge in [0, 0.05) is 25.2 Å². The molecule has 0 unspecified atom stereocenters. The van der Waals surface area contributed by atoms with Crippen molar-refractivity contribution in [3.05, 3.63) is 76.8 Å². The maximum atomic E-state index is 14.1. The number of methoxy groups -OCH3 is 1. The van der Waals surface area contributed by atoms with Crippen molar-refractivity contribution in [3.8, 4) is 22.6 Å². The number of benzene rings is 3. The van der Waals surface area contributed by atoms with E-state index in [1.54, 1.807) is 6.07 Å². The molecular formula is C23H19ClF2NNaO6S.